The molecule has 1 aromatic heterocycles. The molecule has 0 saturated heterocycles. The third kappa shape index (κ3) is 4.67. The van der Waals surface area contributed by atoms with Crippen molar-refractivity contribution in [2.45, 2.75) is 6.61 Å². The van der Waals surface area contributed by atoms with Gasteiger partial charge in [0.15, 0.2) is 0 Å². The molecule has 0 spiro atoms. The summed E-state index contributed by atoms with van der Waals surface area (Å²) in [6.45, 7) is 0.399. The van der Waals surface area contributed by atoms with E-state index in [1.807, 2.05) is 42.5 Å². The molecular formula is C17H15IN4O2S. The molecule has 8 heteroatoms. The van der Waals surface area contributed by atoms with E-state index in [-0.39, 0.29) is 0 Å². The number of methoxy groups -OCH3 is 1. The Labute approximate surface area is 163 Å². The van der Waals surface area contributed by atoms with Crippen molar-refractivity contribution in [1.82, 2.24) is 14.9 Å². The van der Waals surface area contributed by atoms with Crippen LogP contribution in [-0.2, 0) is 6.61 Å². The van der Waals surface area contributed by atoms with Crippen LogP contribution in [0.1, 0.15) is 11.1 Å². The second-order valence-electron chi connectivity index (χ2n) is 5.06. The van der Waals surface area contributed by atoms with Crippen LogP contribution in [0.5, 0.6) is 11.5 Å². The highest BCUT2D eigenvalue weighted by Crippen LogP contribution is 2.22. The van der Waals surface area contributed by atoms with E-state index in [4.69, 9.17) is 21.7 Å². The predicted molar refractivity (Wildman–Crippen MR) is 107 cm³/mol. The molecule has 0 fully saturated rings. The summed E-state index contributed by atoms with van der Waals surface area (Å²) in [6, 6.07) is 13.7. The number of nitrogens with zero attached hydrogens (tertiary/aromatic N) is 3. The lowest BCUT2D eigenvalue weighted by Crippen LogP contribution is -2.00. The van der Waals surface area contributed by atoms with Crippen molar-refractivity contribution in [3.63, 3.8) is 0 Å². The van der Waals surface area contributed by atoms with Crippen LogP contribution in [0.3, 0.4) is 0 Å². The molecule has 3 aromatic rings. The SMILES string of the molecule is COc1ccc(/C=N\n2cn[nH]c2=S)cc1COc1ccc(I)cc1. The first kappa shape index (κ1) is 17.6. The van der Waals surface area contributed by atoms with Crippen LogP contribution in [-0.4, -0.2) is 28.2 Å². The highest BCUT2D eigenvalue weighted by atomic mass is 127. The van der Waals surface area contributed by atoms with Gasteiger partial charge in [-0.1, -0.05) is 0 Å². The summed E-state index contributed by atoms with van der Waals surface area (Å²) in [4.78, 5) is 0. The smallest absolute Gasteiger partial charge is 0.216 e. The maximum Gasteiger partial charge on any atom is 0.216 e. The molecule has 0 atom stereocenters. The van der Waals surface area contributed by atoms with E-state index >= 15 is 0 Å². The number of ether oxygens (including phenoxy) is 2. The fourth-order valence-corrected chi connectivity index (χ4v) is 2.64. The maximum atomic E-state index is 5.85. The predicted octanol–water partition coefficient (Wildman–Crippen LogP) is 4.02. The molecule has 0 aliphatic heterocycles. The molecule has 25 heavy (non-hydrogen) atoms. The van der Waals surface area contributed by atoms with E-state index in [9.17, 15) is 0 Å². The second-order valence-corrected chi connectivity index (χ2v) is 6.70. The molecule has 0 unspecified atom stereocenters. The number of aromatic nitrogens is 3. The number of benzene rings is 2. The quantitative estimate of drug-likeness (QED) is 0.339. The number of hydrogen-bond acceptors (Lipinski definition) is 5. The lowest BCUT2D eigenvalue weighted by Gasteiger charge is -2.11. The lowest BCUT2D eigenvalue weighted by atomic mass is 10.1. The summed E-state index contributed by atoms with van der Waals surface area (Å²) < 4.78 is 14.4. The topological polar surface area (TPSA) is 64.4 Å². The van der Waals surface area contributed by atoms with Gasteiger partial charge in [0.05, 0.1) is 13.3 Å². The van der Waals surface area contributed by atoms with Crippen LogP contribution >= 0.6 is 34.8 Å². The molecule has 0 bridgehead atoms. The van der Waals surface area contributed by atoms with Crippen molar-refractivity contribution in [3.8, 4) is 11.5 Å². The summed E-state index contributed by atoms with van der Waals surface area (Å²) >= 11 is 7.32. The summed E-state index contributed by atoms with van der Waals surface area (Å²) in [5, 5.41) is 10.7. The molecule has 0 aliphatic rings. The number of H-pyrrole nitrogens is 1. The Bertz CT molecular complexity index is 934. The first-order valence-corrected chi connectivity index (χ1v) is 8.86. The summed E-state index contributed by atoms with van der Waals surface area (Å²) in [5.41, 5.74) is 1.84. The molecular weight excluding hydrogens is 451 g/mol. The molecule has 1 heterocycles. The molecule has 0 amide bonds. The average molecular weight is 466 g/mol. The molecule has 6 nitrogen and oxygen atoms in total. The van der Waals surface area contributed by atoms with Crippen LogP contribution in [0.4, 0.5) is 0 Å². The molecule has 3 rings (SSSR count). The Balaban J connectivity index is 1.77. The fourth-order valence-electron chi connectivity index (χ4n) is 2.14. The minimum atomic E-state index is 0.399. The normalized spacial score (nSPS) is 11.0. The van der Waals surface area contributed by atoms with E-state index in [1.54, 1.807) is 13.3 Å². The summed E-state index contributed by atoms with van der Waals surface area (Å²) in [6.07, 6.45) is 3.22. The monoisotopic (exact) mass is 466 g/mol. The molecule has 0 radical (unpaired) electrons. The Morgan fingerprint density at radius 2 is 2.08 bits per heavy atom. The van der Waals surface area contributed by atoms with E-state index in [0.29, 0.717) is 11.4 Å². The van der Waals surface area contributed by atoms with Gasteiger partial charge in [-0.25, -0.2) is 0 Å². The van der Waals surface area contributed by atoms with Gasteiger partial charge in [-0.15, -0.1) is 0 Å². The van der Waals surface area contributed by atoms with Crippen LogP contribution < -0.4 is 9.47 Å². The maximum absolute atomic E-state index is 5.85. The van der Waals surface area contributed by atoms with Crippen molar-refractivity contribution < 1.29 is 9.47 Å². The zero-order valence-corrected chi connectivity index (χ0v) is 16.3. The molecule has 2 aromatic carbocycles. The van der Waals surface area contributed by atoms with Gasteiger partial charge in [-0.05, 0) is 82.8 Å². The Morgan fingerprint density at radius 1 is 1.28 bits per heavy atom. The summed E-state index contributed by atoms with van der Waals surface area (Å²) in [7, 11) is 1.64. The fraction of sp³-hybridized carbons (Fsp3) is 0.118. The third-order valence-electron chi connectivity index (χ3n) is 3.38. The van der Waals surface area contributed by atoms with Crippen LogP contribution in [0.2, 0.25) is 0 Å². The number of nitrogens with one attached hydrogen (secondary N) is 1. The minimum absolute atomic E-state index is 0.399. The zero-order chi connectivity index (χ0) is 17.6. The van der Waals surface area contributed by atoms with E-state index in [1.165, 1.54) is 14.6 Å². The average Bonchev–Trinajstić information content (AvgIpc) is 3.04. The highest BCUT2D eigenvalue weighted by Gasteiger charge is 2.05. The third-order valence-corrected chi connectivity index (χ3v) is 4.38. The molecule has 1 N–H and O–H groups in total. The highest BCUT2D eigenvalue weighted by molar-refractivity contribution is 14.1. The first-order chi connectivity index (χ1) is 12.2. The standard InChI is InChI=1S/C17H15IN4O2S/c1-23-16-7-2-12(9-20-22-11-19-21-17(22)25)8-13(16)10-24-15-5-3-14(18)4-6-15/h2-9,11H,10H2,1H3,(H,21,25)/b20-9-. The van der Waals surface area contributed by atoms with Crippen molar-refractivity contribution in [3.05, 3.63) is 68.3 Å². The van der Waals surface area contributed by atoms with Gasteiger partial charge < -0.3 is 9.47 Å². The largest absolute Gasteiger partial charge is 0.496 e. The number of halogens is 1. The van der Waals surface area contributed by atoms with Crippen molar-refractivity contribution in [1.29, 1.82) is 0 Å². The number of rotatable bonds is 6. The van der Waals surface area contributed by atoms with Crippen molar-refractivity contribution >= 4 is 41.0 Å². The Hall–Kier alpha value is -2.20. The van der Waals surface area contributed by atoms with Gasteiger partial charge >= 0.3 is 0 Å². The lowest BCUT2D eigenvalue weighted by molar-refractivity contribution is 0.296. The van der Waals surface area contributed by atoms with E-state index in [0.717, 1.165) is 22.6 Å². The van der Waals surface area contributed by atoms with Crippen molar-refractivity contribution in [2.24, 2.45) is 5.10 Å². The second kappa shape index (κ2) is 8.26. The van der Waals surface area contributed by atoms with Crippen LogP contribution in [0, 0.1) is 8.34 Å². The van der Waals surface area contributed by atoms with Gasteiger partial charge in [-0.3, -0.25) is 5.10 Å². The molecule has 0 aliphatic carbocycles. The van der Waals surface area contributed by atoms with Gasteiger partial charge in [0, 0.05) is 9.13 Å². The number of hydrogen-bond donors (Lipinski definition) is 1. The summed E-state index contributed by atoms with van der Waals surface area (Å²) in [5.74, 6) is 1.58. The van der Waals surface area contributed by atoms with Gasteiger partial charge in [0.25, 0.3) is 0 Å². The van der Waals surface area contributed by atoms with Crippen LogP contribution in [0.15, 0.2) is 53.9 Å². The first-order valence-electron chi connectivity index (χ1n) is 7.37. The number of aromatic amines is 1. The van der Waals surface area contributed by atoms with Crippen molar-refractivity contribution in [2.75, 3.05) is 7.11 Å². The molecule has 0 saturated carbocycles. The van der Waals surface area contributed by atoms with Gasteiger partial charge in [0.1, 0.15) is 24.4 Å². The van der Waals surface area contributed by atoms with E-state index < -0.39 is 0 Å². The van der Waals surface area contributed by atoms with Crippen LogP contribution in [0.25, 0.3) is 0 Å². The van der Waals surface area contributed by atoms with Gasteiger partial charge in [0.2, 0.25) is 4.77 Å². The Kier molecular flexibility index (Phi) is 5.82. The Morgan fingerprint density at radius 3 is 2.76 bits per heavy atom. The zero-order valence-electron chi connectivity index (χ0n) is 13.3. The van der Waals surface area contributed by atoms with E-state index in [2.05, 4.69) is 37.9 Å². The molecule has 128 valence electrons. The minimum Gasteiger partial charge on any atom is -0.496 e. The van der Waals surface area contributed by atoms with Gasteiger partial charge in [-0.2, -0.15) is 14.9 Å².